The zero-order valence-electron chi connectivity index (χ0n) is 6.48. The van der Waals surface area contributed by atoms with Gasteiger partial charge in [0.25, 0.3) is 0 Å². The fourth-order valence-electron chi connectivity index (χ4n) is 1.91. The summed E-state index contributed by atoms with van der Waals surface area (Å²) in [5.74, 6) is 0.968. The van der Waals surface area contributed by atoms with E-state index in [1.165, 1.54) is 25.7 Å². The molecule has 2 atom stereocenters. The molecule has 1 fully saturated rings. The van der Waals surface area contributed by atoms with E-state index in [0.717, 1.165) is 12.0 Å². The van der Waals surface area contributed by atoms with Crippen LogP contribution in [-0.4, -0.2) is 13.1 Å². The number of hydrogen-bond acceptors (Lipinski definition) is 1. The van der Waals surface area contributed by atoms with Crippen molar-refractivity contribution in [2.24, 2.45) is 5.92 Å². The Morgan fingerprint density at radius 3 is 2.67 bits per heavy atom. The molecule has 0 heterocycles. The molecule has 0 aliphatic heterocycles. The maximum absolute atomic E-state index is 3.36. The number of hydrogen-bond donors (Lipinski definition) is 1. The molecule has 0 bridgehead atoms. The van der Waals surface area contributed by atoms with Crippen LogP contribution in [0.3, 0.4) is 0 Å². The van der Waals surface area contributed by atoms with Crippen LogP contribution in [0.1, 0.15) is 32.6 Å². The average molecular weight is 127 g/mol. The Morgan fingerprint density at radius 2 is 2.22 bits per heavy atom. The lowest BCUT2D eigenvalue weighted by atomic mass is 10.0. The van der Waals surface area contributed by atoms with Gasteiger partial charge in [-0.25, -0.2) is 0 Å². The summed E-state index contributed by atoms with van der Waals surface area (Å²) in [5.41, 5.74) is 0. The third kappa shape index (κ3) is 1.45. The second-order valence-electron chi connectivity index (χ2n) is 2.99. The van der Waals surface area contributed by atoms with Crippen molar-refractivity contribution in [1.82, 2.24) is 5.32 Å². The first-order valence-corrected chi connectivity index (χ1v) is 4.05. The molecule has 54 valence electrons. The van der Waals surface area contributed by atoms with Gasteiger partial charge in [0.2, 0.25) is 0 Å². The summed E-state index contributed by atoms with van der Waals surface area (Å²) < 4.78 is 0. The molecule has 0 aromatic carbocycles. The summed E-state index contributed by atoms with van der Waals surface area (Å²) in [4.78, 5) is 0. The van der Waals surface area contributed by atoms with Crippen molar-refractivity contribution in [2.45, 2.75) is 38.6 Å². The van der Waals surface area contributed by atoms with E-state index in [1.807, 2.05) is 0 Å². The van der Waals surface area contributed by atoms with Crippen LogP contribution in [-0.2, 0) is 0 Å². The van der Waals surface area contributed by atoms with E-state index in [2.05, 4.69) is 19.3 Å². The van der Waals surface area contributed by atoms with E-state index in [1.54, 1.807) is 0 Å². The molecule has 1 aliphatic rings. The summed E-state index contributed by atoms with van der Waals surface area (Å²) in [6.45, 7) is 2.29. The maximum atomic E-state index is 3.36. The Bertz CT molecular complexity index is 70.6. The topological polar surface area (TPSA) is 12.0 Å². The normalized spacial score (nSPS) is 35.3. The summed E-state index contributed by atoms with van der Waals surface area (Å²) in [6.07, 6.45) is 5.63. The Hall–Kier alpha value is -0.0400. The van der Waals surface area contributed by atoms with Crippen LogP contribution in [0, 0.1) is 5.92 Å². The van der Waals surface area contributed by atoms with E-state index in [-0.39, 0.29) is 0 Å². The molecule has 9 heavy (non-hydrogen) atoms. The predicted molar refractivity (Wildman–Crippen MR) is 40.5 cm³/mol. The molecular weight excluding hydrogens is 110 g/mol. The van der Waals surface area contributed by atoms with Gasteiger partial charge in [-0.2, -0.15) is 0 Å². The highest BCUT2D eigenvalue weighted by Gasteiger charge is 2.23. The molecule has 1 saturated carbocycles. The lowest BCUT2D eigenvalue weighted by Gasteiger charge is -2.15. The minimum atomic E-state index is 0.829. The van der Waals surface area contributed by atoms with Crippen LogP contribution < -0.4 is 5.32 Å². The van der Waals surface area contributed by atoms with E-state index in [9.17, 15) is 0 Å². The van der Waals surface area contributed by atoms with Gasteiger partial charge in [0.05, 0.1) is 0 Å². The molecular formula is C8H17N. The van der Waals surface area contributed by atoms with Gasteiger partial charge in [-0.3, -0.25) is 0 Å². The second kappa shape index (κ2) is 3.21. The molecule has 0 radical (unpaired) electrons. The van der Waals surface area contributed by atoms with E-state index in [4.69, 9.17) is 0 Å². The molecule has 1 heteroatoms. The van der Waals surface area contributed by atoms with Crippen LogP contribution in [0.25, 0.3) is 0 Å². The van der Waals surface area contributed by atoms with Crippen LogP contribution in [0.4, 0.5) is 0 Å². The minimum absolute atomic E-state index is 0.829. The molecule has 0 spiro atoms. The number of rotatable bonds is 2. The van der Waals surface area contributed by atoms with Gasteiger partial charge >= 0.3 is 0 Å². The van der Waals surface area contributed by atoms with Gasteiger partial charge in [0, 0.05) is 6.04 Å². The monoisotopic (exact) mass is 127 g/mol. The third-order valence-corrected chi connectivity index (χ3v) is 2.55. The predicted octanol–water partition coefficient (Wildman–Crippen LogP) is 1.78. The highest BCUT2D eigenvalue weighted by molar-refractivity contribution is 4.80. The van der Waals surface area contributed by atoms with Gasteiger partial charge in [-0.15, -0.1) is 0 Å². The summed E-state index contributed by atoms with van der Waals surface area (Å²) in [7, 11) is 2.08. The molecule has 0 aromatic rings. The van der Waals surface area contributed by atoms with Gasteiger partial charge in [-0.05, 0) is 25.8 Å². The maximum Gasteiger partial charge on any atom is 0.00922 e. The standard InChI is InChI=1S/C8H17N/c1-3-7-5-4-6-8(7)9-2/h7-9H,3-6H2,1-2H3/t7-,8+/m0/s1. The van der Waals surface area contributed by atoms with Gasteiger partial charge in [0.15, 0.2) is 0 Å². The average Bonchev–Trinajstić information content (AvgIpc) is 2.33. The van der Waals surface area contributed by atoms with Crippen molar-refractivity contribution in [3.63, 3.8) is 0 Å². The van der Waals surface area contributed by atoms with Crippen molar-refractivity contribution in [2.75, 3.05) is 7.05 Å². The fraction of sp³-hybridized carbons (Fsp3) is 1.00. The highest BCUT2D eigenvalue weighted by Crippen LogP contribution is 2.27. The summed E-state index contributed by atoms with van der Waals surface area (Å²) >= 11 is 0. The quantitative estimate of drug-likeness (QED) is 0.596. The Morgan fingerprint density at radius 1 is 1.44 bits per heavy atom. The van der Waals surface area contributed by atoms with Crippen LogP contribution in [0.2, 0.25) is 0 Å². The number of nitrogens with one attached hydrogen (secondary N) is 1. The lowest BCUT2D eigenvalue weighted by molar-refractivity contribution is 0.414. The lowest BCUT2D eigenvalue weighted by Crippen LogP contribution is -2.28. The molecule has 1 nitrogen and oxygen atoms in total. The highest BCUT2D eigenvalue weighted by atomic mass is 14.9. The van der Waals surface area contributed by atoms with Gasteiger partial charge in [0.1, 0.15) is 0 Å². The van der Waals surface area contributed by atoms with Crippen molar-refractivity contribution < 1.29 is 0 Å². The van der Waals surface area contributed by atoms with E-state index >= 15 is 0 Å². The SMILES string of the molecule is CC[C@H]1CCC[C@H]1NC. The second-order valence-corrected chi connectivity index (χ2v) is 2.99. The minimum Gasteiger partial charge on any atom is -0.317 e. The van der Waals surface area contributed by atoms with Gasteiger partial charge < -0.3 is 5.32 Å². The summed E-state index contributed by atoms with van der Waals surface area (Å²) in [6, 6.07) is 0.829. The Balaban J connectivity index is 2.32. The van der Waals surface area contributed by atoms with Crippen molar-refractivity contribution in [1.29, 1.82) is 0 Å². The zero-order valence-corrected chi connectivity index (χ0v) is 6.48. The van der Waals surface area contributed by atoms with Crippen molar-refractivity contribution >= 4 is 0 Å². The molecule has 0 unspecified atom stereocenters. The van der Waals surface area contributed by atoms with E-state index in [0.29, 0.717) is 0 Å². The first kappa shape index (κ1) is 7.07. The first-order valence-electron chi connectivity index (χ1n) is 4.05. The summed E-state index contributed by atoms with van der Waals surface area (Å²) in [5, 5.41) is 3.36. The smallest absolute Gasteiger partial charge is 0.00922 e. The molecule has 1 N–H and O–H groups in total. The van der Waals surface area contributed by atoms with Crippen molar-refractivity contribution in [3.05, 3.63) is 0 Å². The fourth-order valence-corrected chi connectivity index (χ4v) is 1.91. The van der Waals surface area contributed by atoms with Crippen molar-refractivity contribution in [3.8, 4) is 0 Å². The molecule has 1 aliphatic carbocycles. The molecule has 0 amide bonds. The largest absolute Gasteiger partial charge is 0.317 e. The van der Waals surface area contributed by atoms with Gasteiger partial charge in [-0.1, -0.05) is 19.8 Å². The molecule has 1 rings (SSSR count). The molecule has 0 aromatic heterocycles. The molecule has 0 saturated heterocycles. The Labute approximate surface area is 57.8 Å². The first-order chi connectivity index (χ1) is 4.38. The van der Waals surface area contributed by atoms with Crippen LogP contribution in [0.5, 0.6) is 0 Å². The van der Waals surface area contributed by atoms with Crippen LogP contribution >= 0.6 is 0 Å². The zero-order chi connectivity index (χ0) is 6.69. The van der Waals surface area contributed by atoms with E-state index < -0.39 is 0 Å². The van der Waals surface area contributed by atoms with Crippen LogP contribution in [0.15, 0.2) is 0 Å². The third-order valence-electron chi connectivity index (χ3n) is 2.55. The Kier molecular flexibility index (Phi) is 2.52.